The van der Waals surface area contributed by atoms with Crippen molar-refractivity contribution in [2.45, 2.75) is 57.6 Å². The van der Waals surface area contributed by atoms with E-state index in [1.54, 1.807) is 37.1 Å². The zero-order valence-corrected chi connectivity index (χ0v) is 20.3. The third-order valence-electron chi connectivity index (χ3n) is 9.65. The number of nitrogens with zero attached hydrogens (tertiary/aromatic N) is 2. The fourth-order valence-corrected chi connectivity index (χ4v) is 8.14. The lowest BCUT2D eigenvalue weighted by molar-refractivity contribution is -0.151. The highest BCUT2D eigenvalue weighted by atomic mass is 19.1. The van der Waals surface area contributed by atoms with Gasteiger partial charge in [-0.1, -0.05) is 12.1 Å². The van der Waals surface area contributed by atoms with Crippen molar-refractivity contribution < 1.29 is 23.8 Å². The Bertz CT molecular complexity index is 931. The van der Waals surface area contributed by atoms with Gasteiger partial charge in [-0.15, -0.1) is 0 Å². The zero-order valence-electron chi connectivity index (χ0n) is 20.3. The molecule has 7 heteroatoms. The smallest absolute Gasteiger partial charge is 0.256 e. The summed E-state index contributed by atoms with van der Waals surface area (Å²) in [5.41, 5.74) is 0.0670. The molecular formula is C27H37FN2O4. The Kier molecular flexibility index (Phi) is 6.44. The van der Waals surface area contributed by atoms with Gasteiger partial charge in [0.05, 0.1) is 24.3 Å². The lowest BCUT2D eigenvalue weighted by Crippen LogP contribution is -2.63. The van der Waals surface area contributed by atoms with Crippen LogP contribution in [-0.4, -0.2) is 72.2 Å². The van der Waals surface area contributed by atoms with E-state index in [-0.39, 0.29) is 41.4 Å². The van der Waals surface area contributed by atoms with Crippen molar-refractivity contribution in [3.8, 4) is 0 Å². The Morgan fingerprint density at radius 1 is 1.15 bits per heavy atom. The molecule has 6 nitrogen and oxygen atoms in total. The van der Waals surface area contributed by atoms with Gasteiger partial charge in [0, 0.05) is 33.7 Å². The normalized spacial score (nSPS) is 34.6. The maximum atomic E-state index is 14.3. The van der Waals surface area contributed by atoms with Gasteiger partial charge in [-0.05, 0) is 79.7 Å². The van der Waals surface area contributed by atoms with Crippen molar-refractivity contribution in [1.82, 2.24) is 9.80 Å². The maximum Gasteiger partial charge on any atom is 0.256 e. The monoisotopic (exact) mass is 472 g/mol. The second kappa shape index (κ2) is 9.23. The van der Waals surface area contributed by atoms with E-state index in [4.69, 9.17) is 4.74 Å². The molecule has 1 N–H and O–H groups in total. The van der Waals surface area contributed by atoms with Crippen LogP contribution in [0.5, 0.6) is 0 Å². The van der Waals surface area contributed by atoms with Crippen molar-refractivity contribution in [1.29, 1.82) is 0 Å². The van der Waals surface area contributed by atoms with E-state index >= 15 is 0 Å². The molecule has 0 aromatic heterocycles. The molecule has 4 fully saturated rings. The number of amides is 2. The number of piperidine rings is 2. The van der Waals surface area contributed by atoms with Crippen molar-refractivity contribution in [2.24, 2.45) is 29.1 Å². The minimum absolute atomic E-state index is 0.00185. The van der Waals surface area contributed by atoms with Crippen LogP contribution in [-0.2, 0) is 9.53 Å². The highest BCUT2D eigenvalue weighted by Crippen LogP contribution is 2.62. The fourth-order valence-electron chi connectivity index (χ4n) is 8.14. The predicted octanol–water partition coefficient (Wildman–Crippen LogP) is 3.34. The summed E-state index contributed by atoms with van der Waals surface area (Å²) in [7, 11) is 1.80. The number of aliphatic hydroxyl groups is 1. The van der Waals surface area contributed by atoms with E-state index in [2.05, 4.69) is 0 Å². The molecule has 1 aromatic rings. The molecule has 0 bridgehead atoms. The summed E-state index contributed by atoms with van der Waals surface area (Å²) in [4.78, 5) is 29.4. The molecule has 0 radical (unpaired) electrons. The number of rotatable bonds is 3. The Labute approximate surface area is 201 Å². The summed E-state index contributed by atoms with van der Waals surface area (Å²) in [5.74, 6) is 1.15. The summed E-state index contributed by atoms with van der Waals surface area (Å²) in [5, 5.41) is 10.3. The van der Waals surface area contributed by atoms with Crippen molar-refractivity contribution in [3.63, 3.8) is 0 Å². The minimum atomic E-state index is -0.479. The van der Waals surface area contributed by atoms with Crippen LogP contribution in [0.25, 0.3) is 0 Å². The standard InChI is InChI=1S/C27H37FN2O4/c1-17(32)30-16-27(9-11-29(12-10-27)26(33)21-5-3-4-6-23(21)28)25-20-8-7-19(34-2)13-18(20)14-22(25)24(30)15-31/h3-6,18-20,22,24-25,31H,7-16H2,1-2H3/t18?,19?,20?,22?,24-,25?/m0/s1. The largest absolute Gasteiger partial charge is 0.394 e. The van der Waals surface area contributed by atoms with E-state index < -0.39 is 5.82 Å². The van der Waals surface area contributed by atoms with Gasteiger partial charge >= 0.3 is 0 Å². The van der Waals surface area contributed by atoms with Crippen molar-refractivity contribution in [3.05, 3.63) is 35.6 Å². The summed E-state index contributed by atoms with van der Waals surface area (Å²) < 4.78 is 20.0. The average Bonchev–Trinajstić information content (AvgIpc) is 3.24. The predicted molar refractivity (Wildman–Crippen MR) is 125 cm³/mol. The van der Waals surface area contributed by atoms with Crippen LogP contribution in [0, 0.1) is 34.9 Å². The molecule has 1 spiro atoms. The summed E-state index contributed by atoms with van der Waals surface area (Å²) >= 11 is 0. The number of carbonyl (C=O) groups excluding carboxylic acids is 2. The Balaban J connectivity index is 1.41. The van der Waals surface area contributed by atoms with Gasteiger partial charge in [-0.2, -0.15) is 0 Å². The summed E-state index contributed by atoms with van der Waals surface area (Å²) in [6, 6.07) is 6.06. The highest BCUT2D eigenvalue weighted by Gasteiger charge is 2.61. The van der Waals surface area contributed by atoms with Crippen LogP contribution in [0.1, 0.15) is 55.8 Å². The van der Waals surface area contributed by atoms with Gasteiger partial charge in [-0.25, -0.2) is 4.39 Å². The Morgan fingerprint density at radius 2 is 1.88 bits per heavy atom. The topological polar surface area (TPSA) is 70.1 Å². The summed E-state index contributed by atoms with van der Waals surface area (Å²) in [6.45, 7) is 3.40. The molecule has 4 aliphatic rings. The molecule has 2 amide bonds. The number of halogens is 1. The second-order valence-electron chi connectivity index (χ2n) is 11.1. The number of carbonyl (C=O) groups is 2. The zero-order chi connectivity index (χ0) is 24.0. The molecule has 1 aromatic carbocycles. The third-order valence-corrected chi connectivity index (χ3v) is 9.65. The van der Waals surface area contributed by atoms with Gasteiger partial charge in [0.1, 0.15) is 5.82 Å². The Hall–Kier alpha value is -1.99. The number of ether oxygens (including phenoxy) is 1. The average molecular weight is 473 g/mol. The van der Waals surface area contributed by atoms with E-state index in [9.17, 15) is 19.1 Å². The molecule has 2 aliphatic carbocycles. The first-order valence-corrected chi connectivity index (χ1v) is 12.8. The fraction of sp³-hybridized carbons (Fsp3) is 0.704. The van der Waals surface area contributed by atoms with E-state index in [1.165, 1.54) is 6.07 Å². The number of hydrogen-bond acceptors (Lipinski definition) is 4. The maximum absolute atomic E-state index is 14.3. The number of methoxy groups -OCH3 is 1. The molecule has 34 heavy (non-hydrogen) atoms. The molecule has 186 valence electrons. The van der Waals surface area contributed by atoms with E-state index in [0.29, 0.717) is 43.5 Å². The lowest BCUT2D eigenvalue weighted by atomic mass is 9.57. The van der Waals surface area contributed by atoms with Crippen LogP contribution in [0.15, 0.2) is 24.3 Å². The number of benzene rings is 1. The minimum Gasteiger partial charge on any atom is -0.394 e. The van der Waals surface area contributed by atoms with Gasteiger partial charge in [0.15, 0.2) is 0 Å². The molecule has 2 saturated carbocycles. The van der Waals surface area contributed by atoms with Gasteiger partial charge < -0.3 is 19.6 Å². The number of fused-ring (bicyclic) bond motifs is 4. The van der Waals surface area contributed by atoms with Crippen LogP contribution in [0.3, 0.4) is 0 Å². The number of likely N-dealkylation sites (tertiary alicyclic amines) is 2. The van der Waals surface area contributed by atoms with Gasteiger partial charge in [0.2, 0.25) is 5.91 Å². The van der Waals surface area contributed by atoms with Crippen LogP contribution in [0.2, 0.25) is 0 Å². The quantitative estimate of drug-likeness (QED) is 0.733. The second-order valence-corrected chi connectivity index (χ2v) is 11.1. The first-order chi connectivity index (χ1) is 16.4. The molecule has 5 rings (SSSR count). The number of aliphatic hydroxyl groups excluding tert-OH is 1. The SMILES string of the molecule is COC1CCC2C(C1)CC1C2C2(CCN(C(=O)c3ccccc3F)CC2)CN(C(C)=O)[C@H]1CO. The van der Waals surface area contributed by atoms with Crippen molar-refractivity contribution >= 4 is 11.8 Å². The van der Waals surface area contributed by atoms with Crippen LogP contribution < -0.4 is 0 Å². The Morgan fingerprint density at radius 3 is 2.53 bits per heavy atom. The molecule has 2 heterocycles. The van der Waals surface area contributed by atoms with Crippen molar-refractivity contribution in [2.75, 3.05) is 33.4 Å². The number of hydrogen-bond donors (Lipinski definition) is 1. The summed E-state index contributed by atoms with van der Waals surface area (Å²) in [6.07, 6.45) is 6.20. The third kappa shape index (κ3) is 3.85. The van der Waals surface area contributed by atoms with Crippen LogP contribution >= 0.6 is 0 Å². The van der Waals surface area contributed by atoms with Gasteiger partial charge in [-0.3, -0.25) is 9.59 Å². The molecule has 2 saturated heterocycles. The highest BCUT2D eigenvalue weighted by molar-refractivity contribution is 5.94. The molecule has 2 aliphatic heterocycles. The molecular weight excluding hydrogens is 435 g/mol. The van der Waals surface area contributed by atoms with Crippen LogP contribution in [0.4, 0.5) is 4.39 Å². The molecule has 6 atom stereocenters. The van der Waals surface area contributed by atoms with E-state index in [1.807, 2.05) is 4.90 Å². The lowest BCUT2D eigenvalue weighted by Gasteiger charge is -2.58. The first-order valence-electron chi connectivity index (χ1n) is 12.8. The molecule has 5 unspecified atom stereocenters. The van der Waals surface area contributed by atoms with Gasteiger partial charge in [0.25, 0.3) is 5.91 Å². The first kappa shape index (κ1) is 23.7. The van der Waals surface area contributed by atoms with E-state index in [0.717, 1.165) is 38.5 Å².